The largest absolute Gasteiger partial charge is 0.246 e. The van der Waals surface area contributed by atoms with Gasteiger partial charge in [-0.25, -0.2) is 4.98 Å². The maximum absolute atomic E-state index is 4.50. The third-order valence-electron chi connectivity index (χ3n) is 2.08. The smallest absolute Gasteiger partial charge is 0.0958 e. The van der Waals surface area contributed by atoms with Gasteiger partial charge in [-0.05, 0) is 20.3 Å². The summed E-state index contributed by atoms with van der Waals surface area (Å²) in [7, 11) is 0. The number of hydrogen-bond acceptors (Lipinski definition) is 2. The zero-order valence-electron chi connectivity index (χ0n) is 7.64. The quantitative estimate of drug-likeness (QED) is 0.662. The monoisotopic (exact) mass is 169 g/mol. The van der Waals surface area contributed by atoms with E-state index in [4.69, 9.17) is 0 Å². The van der Waals surface area contributed by atoms with Gasteiger partial charge in [0, 0.05) is 10.8 Å². The van der Waals surface area contributed by atoms with Crippen LogP contribution in [0.5, 0.6) is 0 Å². The first-order valence-electron chi connectivity index (χ1n) is 4.09. The average molecular weight is 169 g/mol. The molecule has 0 N–H and O–H groups in total. The minimum atomic E-state index is 0.632. The Morgan fingerprint density at radius 2 is 2.09 bits per heavy atom. The van der Waals surface area contributed by atoms with Gasteiger partial charge >= 0.3 is 0 Å². The van der Waals surface area contributed by atoms with E-state index in [0.717, 1.165) is 0 Å². The van der Waals surface area contributed by atoms with Crippen LogP contribution in [0.3, 0.4) is 0 Å². The highest BCUT2D eigenvalue weighted by atomic mass is 32.1. The normalized spacial score (nSPS) is 13.5. The molecule has 11 heavy (non-hydrogen) atoms. The van der Waals surface area contributed by atoms with E-state index in [1.54, 1.807) is 0 Å². The molecule has 1 rings (SSSR count). The summed E-state index contributed by atoms with van der Waals surface area (Å²) in [6, 6.07) is 0. The molecule has 0 amide bonds. The molecule has 0 aliphatic carbocycles. The van der Waals surface area contributed by atoms with Gasteiger partial charge in [-0.2, -0.15) is 0 Å². The van der Waals surface area contributed by atoms with Gasteiger partial charge < -0.3 is 0 Å². The Hall–Kier alpha value is -0.370. The topological polar surface area (TPSA) is 12.9 Å². The molecule has 0 saturated heterocycles. The van der Waals surface area contributed by atoms with Gasteiger partial charge in [0.05, 0.1) is 10.7 Å². The van der Waals surface area contributed by atoms with E-state index in [1.807, 2.05) is 11.3 Å². The van der Waals surface area contributed by atoms with Crippen molar-refractivity contribution in [2.24, 2.45) is 0 Å². The standard InChI is InChI=1S/C9H15NS/c1-5-6(2)9-10-7(3)8(4)11-9/h6H,5H2,1-4H3. The number of nitrogens with zero attached hydrogens (tertiary/aromatic N) is 1. The Morgan fingerprint density at radius 3 is 2.45 bits per heavy atom. The summed E-state index contributed by atoms with van der Waals surface area (Å²) in [5.74, 6) is 0.632. The molecule has 1 aromatic heterocycles. The molecule has 0 bridgehead atoms. The molecule has 1 nitrogen and oxygen atoms in total. The molecule has 2 heteroatoms. The number of aromatic nitrogens is 1. The Labute approximate surface area is 72.5 Å². The van der Waals surface area contributed by atoms with Crippen LogP contribution in [0.1, 0.15) is 41.8 Å². The fourth-order valence-electron chi connectivity index (χ4n) is 0.883. The van der Waals surface area contributed by atoms with Crippen LogP contribution in [-0.4, -0.2) is 4.98 Å². The van der Waals surface area contributed by atoms with Crippen molar-refractivity contribution in [3.05, 3.63) is 15.6 Å². The zero-order valence-corrected chi connectivity index (χ0v) is 8.46. The Kier molecular flexibility index (Phi) is 2.66. The summed E-state index contributed by atoms with van der Waals surface area (Å²) in [5.41, 5.74) is 1.20. The van der Waals surface area contributed by atoms with E-state index in [2.05, 4.69) is 32.7 Å². The first-order chi connectivity index (χ1) is 5.15. The van der Waals surface area contributed by atoms with Crippen molar-refractivity contribution < 1.29 is 0 Å². The molecule has 1 atom stereocenters. The Morgan fingerprint density at radius 1 is 1.45 bits per heavy atom. The Balaban J connectivity index is 2.88. The summed E-state index contributed by atoms with van der Waals surface area (Å²) >= 11 is 1.84. The molecule has 0 aliphatic rings. The van der Waals surface area contributed by atoms with Crippen molar-refractivity contribution in [2.45, 2.75) is 40.0 Å². The molecule has 1 unspecified atom stereocenters. The molecule has 0 aliphatic heterocycles. The highest BCUT2D eigenvalue weighted by Crippen LogP contribution is 2.25. The number of aryl methyl sites for hydroxylation is 2. The number of thiazole rings is 1. The minimum absolute atomic E-state index is 0.632. The van der Waals surface area contributed by atoms with Gasteiger partial charge in [-0.3, -0.25) is 0 Å². The van der Waals surface area contributed by atoms with Gasteiger partial charge in [0.15, 0.2) is 0 Å². The maximum Gasteiger partial charge on any atom is 0.0958 e. The van der Waals surface area contributed by atoms with Gasteiger partial charge in [-0.1, -0.05) is 13.8 Å². The van der Waals surface area contributed by atoms with Crippen LogP contribution in [0.4, 0.5) is 0 Å². The van der Waals surface area contributed by atoms with E-state index in [0.29, 0.717) is 5.92 Å². The SMILES string of the molecule is CCC(C)c1nc(C)c(C)s1. The van der Waals surface area contributed by atoms with Crippen molar-refractivity contribution in [3.8, 4) is 0 Å². The summed E-state index contributed by atoms with van der Waals surface area (Å²) in [6.07, 6.45) is 1.19. The maximum atomic E-state index is 4.50. The highest BCUT2D eigenvalue weighted by molar-refractivity contribution is 7.11. The molecule has 1 aromatic rings. The van der Waals surface area contributed by atoms with Crippen LogP contribution in [0.25, 0.3) is 0 Å². The molecule has 0 radical (unpaired) electrons. The van der Waals surface area contributed by atoms with Gasteiger partial charge in [0.2, 0.25) is 0 Å². The summed E-state index contributed by atoms with van der Waals surface area (Å²) in [6.45, 7) is 8.66. The fourth-order valence-corrected chi connectivity index (χ4v) is 1.94. The predicted molar refractivity (Wildman–Crippen MR) is 50.3 cm³/mol. The third-order valence-corrected chi connectivity index (χ3v) is 3.38. The summed E-state index contributed by atoms with van der Waals surface area (Å²) < 4.78 is 0. The molecule has 0 saturated carbocycles. The van der Waals surface area contributed by atoms with Crippen LogP contribution in [-0.2, 0) is 0 Å². The summed E-state index contributed by atoms with van der Waals surface area (Å²) in [5, 5.41) is 1.29. The predicted octanol–water partition coefficient (Wildman–Crippen LogP) is 3.27. The van der Waals surface area contributed by atoms with Crippen LogP contribution in [0.2, 0.25) is 0 Å². The molecular formula is C9H15NS. The third kappa shape index (κ3) is 1.80. The lowest BCUT2D eigenvalue weighted by Crippen LogP contribution is -1.89. The lowest BCUT2D eigenvalue weighted by Gasteiger charge is -2.01. The lowest BCUT2D eigenvalue weighted by atomic mass is 10.1. The van der Waals surface area contributed by atoms with Gasteiger partial charge in [-0.15, -0.1) is 11.3 Å². The second kappa shape index (κ2) is 3.35. The first kappa shape index (κ1) is 8.72. The fraction of sp³-hybridized carbons (Fsp3) is 0.667. The van der Waals surface area contributed by atoms with E-state index >= 15 is 0 Å². The van der Waals surface area contributed by atoms with Crippen LogP contribution < -0.4 is 0 Å². The molecule has 62 valence electrons. The van der Waals surface area contributed by atoms with E-state index in [-0.39, 0.29) is 0 Å². The van der Waals surface area contributed by atoms with Gasteiger partial charge in [0.25, 0.3) is 0 Å². The summed E-state index contributed by atoms with van der Waals surface area (Å²) in [4.78, 5) is 5.86. The molecular weight excluding hydrogens is 154 g/mol. The van der Waals surface area contributed by atoms with Crippen LogP contribution in [0, 0.1) is 13.8 Å². The second-order valence-corrected chi connectivity index (χ2v) is 4.24. The zero-order chi connectivity index (χ0) is 8.43. The van der Waals surface area contributed by atoms with Crippen LogP contribution >= 0.6 is 11.3 Å². The van der Waals surface area contributed by atoms with E-state index < -0.39 is 0 Å². The van der Waals surface area contributed by atoms with Crippen molar-refractivity contribution in [3.63, 3.8) is 0 Å². The number of hydrogen-bond donors (Lipinski definition) is 0. The molecule has 0 spiro atoms. The van der Waals surface area contributed by atoms with E-state index in [1.165, 1.54) is 22.0 Å². The minimum Gasteiger partial charge on any atom is -0.246 e. The second-order valence-electron chi connectivity index (χ2n) is 3.00. The van der Waals surface area contributed by atoms with E-state index in [9.17, 15) is 0 Å². The highest BCUT2D eigenvalue weighted by Gasteiger charge is 2.08. The number of rotatable bonds is 2. The van der Waals surface area contributed by atoms with Gasteiger partial charge in [0.1, 0.15) is 0 Å². The molecule has 1 heterocycles. The van der Waals surface area contributed by atoms with Crippen LogP contribution in [0.15, 0.2) is 0 Å². The van der Waals surface area contributed by atoms with Crippen molar-refractivity contribution >= 4 is 11.3 Å². The van der Waals surface area contributed by atoms with Crippen molar-refractivity contribution in [2.75, 3.05) is 0 Å². The molecule has 0 fully saturated rings. The average Bonchev–Trinajstić information content (AvgIpc) is 2.31. The lowest BCUT2D eigenvalue weighted by molar-refractivity contribution is 0.724. The van der Waals surface area contributed by atoms with Crippen molar-refractivity contribution in [1.29, 1.82) is 0 Å². The Bertz CT molecular complexity index is 220. The first-order valence-corrected chi connectivity index (χ1v) is 4.90. The molecule has 0 aromatic carbocycles. The van der Waals surface area contributed by atoms with Crippen molar-refractivity contribution in [1.82, 2.24) is 4.98 Å².